The lowest BCUT2D eigenvalue weighted by Crippen LogP contribution is -2.33. The Morgan fingerprint density at radius 1 is 1.16 bits per heavy atom. The Kier molecular flexibility index (Phi) is 7.64. The Morgan fingerprint density at radius 3 is 2.60 bits per heavy atom. The fraction of sp³-hybridized carbons (Fsp3) is 0.333. The smallest absolute Gasteiger partial charge is 0.123 e. The number of aliphatic hydroxyl groups is 1. The summed E-state index contributed by atoms with van der Waals surface area (Å²) >= 11 is 0. The lowest BCUT2D eigenvalue weighted by molar-refractivity contribution is 0.107. The van der Waals surface area contributed by atoms with Gasteiger partial charge in [0.15, 0.2) is 0 Å². The van der Waals surface area contributed by atoms with Gasteiger partial charge in [0.1, 0.15) is 5.82 Å². The first-order valence-electron chi connectivity index (χ1n) is 8.63. The molecule has 0 aliphatic heterocycles. The van der Waals surface area contributed by atoms with Gasteiger partial charge in [-0.1, -0.05) is 24.3 Å². The van der Waals surface area contributed by atoms with E-state index in [1.54, 1.807) is 12.1 Å². The zero-order valence-corrected chi connectivity index (χ0v) is 14.6. The van der Waals surface area contributed by atoms with Crippen molar-refractivity contribution in [1.82, 2.24) is 9.47 Å². The molecule has 2 rings (SSSR count). The van der Waals surface area contributed by atoms with Gasteiger partial charge in [0, 0.05) is 38.1 Å². The van der Waals surface area contributed by atoms with Crippen LogP contribution in [0.1, 0.15) is 24.1 Å². The van der Waals surface area contributed by atoms with Gasteiger partial charge in [-0.05, 0) is 42.7 Å². The molecule has 1 N–H and O–H groups in total. The van der Waals surface area contributed by atoms with Crippen molar-refractivity contribution < 1.29 is 9.50 Å². The minimum absolute atomic E-state index is 0.220. The van der Waals surface area contributed by atoms with Crippen LogP contribution < -0.4 is 0 Å². The van der Waals surface area contributed by atoms with Crippen LogP contribution in [-0.4, -0.2) is 33.8 Å². The lowest BCUT2D eigenvalue weighted by atomic mass is 10.2. The number of hydrogen-bond acceptors (Lipinski definition) is 2. The Bertz CT molecular complexity index is 663. The van der Waals surface area contributed by atoms with Crippen LogP contribution in [0, 0.1) is 5.82 Å². The van der Waals surface area contributed by atoms with Crippen LogP contribution >= 0.6 is 0 Å². The van der Waals surface area contributed by atoms with E-state index < -0.39 is 0 Å². The third-order valence-corrected chi connectivity index (χ3v) is 4.14. The second-order valence-corrected chi connectivity index (χ2v) is 6.26. The third kappa shape index (κ3) is 6.33. The normalized spacial score (nSPS) is 12.3. The van der Waals surface area contributed by atoms with Crippen molar-refractivity contribution in [1.29, 1.82) is 0 Å². The topological polar surface area (TPSA) is 28.4 Å². The molecule has 0 bridgehead atoms. The first kappa shape index (κ1) is 19.2. The Labute approximate surface area is 149 Å². The maximum absolute atomic E-state index is 13.1. The molecule has 1 heterocycles. The predicted molar refractivity (Wildman–Crippen MR) is 101 cm³/mol. The van der Waals surface area contributed by atoms with E-state index in [9.17, 15) is 9.50 Å². The quantitative estimate of drug-likeness (QED) is 0.626. The number of rotatable bonds is 11. The molecule has 0 aliphatic rings. The molecule has 4 heteroatoms. The van der Waals surface area contributed by atoms with Gasteiger partial charge in [-0.3, -0.25) is 4.90 Å². The van der Waals surface area contributed by atoms with Crippen LogP contribution in [0.2, 0.25) is 0 Å². The summed E-state index contributed by atoms with van der Waals surface area (Å²) in [5.74, 6) is -0.220. The molecule has 0 saturated heterocycles. The average Bonchev–Trinajstić information content (AvgIpc) is 3.02. The van der Waals surface area contributed by atoms with E-state index >= 15 is 0 Å². The van der Waals surface area contributed by atoms with Gasteiger partial charge in [-0.2, -0.15) is 0 Å². The van der Waals surface area contributed by atoms with Gasteiger partial charge in [-0.15, -0.1) is 13.2 Å². The van der Waals surface area contributed by atoms with E-state index in [0.717, 1.165) is 24.2 Å². The molecule has 0 radical (unpaired) electrons. The van der Waals surface area contributed by atoms with Crippen LogP contribution in [0.25, 0.3) is 0 Å². The van der Waals surface area contributed by atoms with Crippen LogP contribution in [0.4, 0.5) is 4.39 Å². The molecule has 1 atom stereocenters. The molecule has 0 saturated carbocycles. The molecule has 1 aromatic heterocycles. The highest BCUT2D eigenvalue weighted by Gasteiger charge is 2.13. The minimum atomic E-state index is -0.376. The van der Waals surface area contributed by atoms with E-state index in [-0.39, 0.29) is 11.9 Å². The standard InChI is InChI=1S/C21H27FN2O/c1-3-5-8-21(25)17-23(13-4-2)16-20-7-6-14-24(20)15-18-9-11-19(22)12-10-18/h3-4,6-7,9-12,14,21,25H,1-2,5,8,13,15-17H2. The van der Waals surface area contributed by atoms with E-state index in [1.165, 1.54) is 12.1 Å². The van der Waals surface area contributed by atoms with Crippen LogP contribution in [0.15, 0.2) is 67.9 Å². The molecule has 25 heavy (non-hydrogen) atoms. The Hall–Kier alpha value is -2.17. The minimum Gasteiger partial charge on any atom is -0.392 e. The summed E-state index contributed by atoms with van der Waals surface area (Å²) in [4.78, 5) is 2.18. The van der Waals surface area contributed by atoms with Crippen molar-refractivity contribution in [3.8, 4) is 0 Å². The fourth-order valence-corrected chi connectivity index (χ4v) is 2.85. The molecule has 3 nitrogen and oxygen atoms in total. The van der Waals surface area contributed by atoms with Gasteiger partial charge in [0.05, 0.1) is 6.10 Å². The number of halogens is 1. The van der Waals surface area contributed by atoms with E-state index in [4.69, 9.17) is 0 Å². The highest BCUT2D eigenvalue weighted by atomic mass is 19.1. The van der Waals surface area contributed by atoms with Crippen molar-refractivity contribution >= 4 is 0 Å². The number of aliphatic hydroxyl groups excluding tert-OH is 1. The van der Waals surface area contributed by atoms with E-state index in [0.29, 0.717) is 26.1 Å². The van der Waals surface area contributed by atoms with Crippen molar-refractivity contribution in [3.63, 3.8) is 0 Å². The zero-order chi connectivity index (χ0) is 18.1. The van der Waals surface area contributed by atoms with Gasteiger partial charge in [0.25, 0.3) is 0 Å². The molecule has 0 amide bonds. The van der Waals surface area contributed by atoms with Crippen LogP contribution in [0.5, 0.6) is 0 Å². The molecule has 1 aromatic carbocycles. The van der Waals surface area contributed by atoms with Crippen molar-refractivity contribution in [3.05, 3.63) is 85.0 Å². The molecule has 0 spiro atoms. The van der Waals surface area contributed by atoms with Crippen molar-refractivity contribution in [2.45, 2.75) is 32.0 Å². The summed E-state index contributed by atoms with van der Waals surface area (Å²) in [5, 5.41) is 10.2. The van der Waals surface area contributed by atoms with E-state index in [2.05, 4.69) is 28.7 Å². The average molecular weight is 342 g/mol. The highest BCUT2D eigenvalue weighted by molar-refractivity contribution is 5.18. The van der Waals surface area contributed by atoms with Crippen molar-refractivity contribution in [2.75, 3.05) is 13.1 Å². The monoisotopic (exact) mass is 342 g/mol. The number of nitrogens with zero attached hydrogens (tertiary/aromatic N) is 2. The zero-order valence-electron chi connectivity index (χ0n) is 14.6. The third-order valence-electron chi connectivity index (χ3n) is 4.14. The number of hydrogen-bond donors (Lipinski definition) is 1. The number of benzene rings is 1. The van der Waals surface area contributed by atoms with Crippen LogP contribution in [0.3, 0.4) is 0 Å². The predicted octanol–water partition coefficient (Wildman–Crippen LogP) is 3.99. The van der Waals surface area contributed by atoms with Crippen LogP contribution in [-0.2, 0) is 13.1 Å². The first-order valence-corrected chi connectivity index (χ1v) is 8.63. The summed E-state index contributed by atoms with van der Waals surface area (Å²) in [6.45, 7) is 10.3. The van der Waals surface area contributed by atoms with Gasteiger partial charge < -0.3 is 9.67 Å². The molecule has 2 aromatic rings. The maximum atomic E-state index is 13.1. The molecule has 0 aliphatic carbocycles. The lowest BCUT2D eigenvalue weighted by Gasteiger charge is -2.24. The highest BCUT2D eigenvalue weighted by Crippen LogP contribution is 2.12. The summed E-state index contributed by atoms with van der Waals surface area (Å²) in [6.07, 6.45) is 6.86. The molecule has 1 unspecified atom stereocenters. The van der Waals surface area contributed by atoms with Crippen molar-refractivity contribution in [2.24, 2.45) is 0 Å². The summed E-state index contributed by atoms with van der Waals surface area (Å²) in [5.41, 5.74) is 2.21. The van der Waals surface area contributed by atoms with E-state index in [1.807, 2.05) is 24.4 Å². The van der Waals surface area contributed by atoms with Gasteiger partial charge in [-0.25, -0.2) is 4.39 Å². The largest absolute Gasteiger partial charge is 0.392 e. The Morgan fingerprint density at radius 2 is 1.92 bits per heavy atom. The second kappa shape index (κ2) is 9.97. The molecular weight excluding hydrogens is 315 g/mol. The fourth-order valence-electron chi connectivity index (χ4n) is 2.85. The second-order valence-electron chi connectivity index (χ2n) is 6.26. The van der Waals surface area contributed by atoms with Gasteiger partial charge >= 0.3 is 0 Å². The molecular formula is C21H27FN2O. The maximum Gasteiger partial charge on any atom is 0.123 e. The first-order chi connectivity index (χ1) is 12.1. The molecule has 0 fully saturated rings. The Balaban J connectivity index is 2.01. The summed E-state index contributed by atoms with van der Waals surface area (Å²) in [6, 6.07) is 10.7. The van der Waals surface area contributed by atoms with Gasteiger partial charge in [0.2, 0.25) is 0 Å². The summed E-state index contributed by atoms with van der Waals surface area (Å²) in [7, 11) is 0. The number of allylic oxidation sites excluding steroid dienone is 1. The summed E-state index contributed by atoms with van der Waals surface area (Å²) < 4.78 is 15.2. The molecule has 134 valence electrons. The number of aromatic nitrogens is 1. The SMILES string of the molecule is C=CCCC(O)CN(CC=C)Cc1cccn1Cc1ccc(F)cc1.